The van der Waals surface area contributed by atoms with Gasteiger partial charge >= 0.3 is 12.1 Å². The van der Waals surface area contributed by atoms with Gasteiger partial charge in [0, 0.05) is 13.0 Å². The summed E-state index contributed by atoms with van der Waals surface area (Å²) < 4.78 is 19.1. The van der Waals surface area contributed by atoms with Crippen LogP contribution >= 0.6 is 0 Å². The first-order valence-corrected chi connectivity index (χ1v) is 16.1. The highest BCUT2D eigenvalue weighted by molar-refractivity contribution is 5.96. The summed E-state index contributed by atoms with van der Waals surface area (Å²) >= 11 is 0. The van der Waals surface area contributed by atoms with Crippen LogP contribution in [0.25, 0.3) is 11.0 Å². The van der Waals surface area contributed by atoms with Crippen molar-refractivity contribution in [1.29, 1.82) is 0 Å². The number of ether oxygens (including phenoxy) is 3. The fourth-order valence-corrected chi connectivity index (χ4v) is 6.05. The predicted molar refractivity (Wildman–Crippen MR) is 173 cm³/mol. The van der Waals surface area contributed by atoms with E-state index < -0.39 is 58.6 Å². The van der Waals surface area contributed by atoms with Crippen LogP contribution in [0.5, 0.6) is 6.01 Å². The topological polar surface area (TPSA) is 141 Å². The summed E-state index contributed by atoms with van der Waals surface area (Å²) in [6, 6.07) is 5.95. The van der Waals surface area contributed by atoms with Gasteiger partial charge in [-0.3, -0.25) is 14.2 Å². The third-order valence-electron chi connectivity index (χ3n) is 8.41. The number of para-hydroxylation sites is 2. The van der Waals surface area contributed by atoms with Gasteiger partial charge in [0.25, 0.3) is 6.01 Å². The monoisotopic (exact) mass is 639 g/mol. The Balaban J connectivity index is 1.66. The molecule has 12 heteroatoms. The molecule has 3 amide bonds. The molecule has 252 valence electrons. The first-order chi connectivity index (χ1) is 21.5. The maximum absolute atomic E-state index is 14.3. The molecule has 0 unspecified atom stereocenters. The number of hydrogen-bond donors (Lipinski definition) is 2. The number of rotatable bonds is 11. The molecule has 2 aromatic rings. The SMILES string of the molecule is C=CCn1c(O[C@@H]2C[C@@H](C(=O)N[C@]3(C(=O)OCC)C[C@H]3CC)N(C(=O)[C@@H](NC(=O)OC(C)(C)C)C(C)(C)C)C2)nc2ccccc21. The highest BCUT2D eigenvalue weighted by Crippen LogP contribution is 2.47. The van der Waals surface area contributed by atoms with Gasteiger partial charge in [-0.15, -0.1) is 6.58 Å². The molecule has 2 N–H and O–H groups in total. The number of aromatic nitrogens is 2. The molecule has 1 saturated heterocycles. The second-order valence-electron chi connectivity index (χ2n) is 14.2. The molecule has 12 nitrogen and oxygen atoms in total. The van der Waals surface area contributed by atoms with Crippen LogP contribution in [0.4, 0.5) is 4.79 Å². The standard InChI is InChI=1S/C34H49N5O7/c1-10-17-38-24-16-14-13-15-23(24)35-30(38)45-22-18-25(27(40)37-34(19-21(34)11-2)29(42)44-12-3)39(20-22)28(41)26(32(4,5)6)36-31(43)46-33(7,8)9/h10,13-16,21-22,25-26H,1,11-12,17-20H2,2-9H3,(H,36,43)(H,37,40)/t21-,22-,25+,26-,34-/m1/s1. The van der Waals surface area contributed by atoms with E-state index >= 15 is 0 Å². The molecule has 5 atom stereocenters. The lowest BCUT2D eigenvalue weighted by Gasteiger charge is -2.36. The summed E-state index contributed by atoms with van der Waals surface area (Å²) in [6.45, 7) is 18.9. The van der Waals surface area contributed by atoms with Crippen LogP contribution in [-0.2, 0) is 30.4 Å². The number of benzene rings is 1. The first kappa shape index (κ1) is 34.8. The largest absolute Gasteiger partial charge is 0.464 e. The third kappa shape index (κ3) is 7.47. The molecule has 4 rings (SSSR count). The Hall–Kier alpha value is -4.09. The number of amides is 3. The zero-order valence-electron chi connectivity index (χ0n) is 28.3. The van der Waals surface area contributed by atoms with Gasteiger partial charge in [0.15, 0.2) is 0 Å². The number of hydrogen-bond acceptors (Lipinski definition) is 8. The smallest absolute Gasteiger partial charge is 0.408 e. The summed E-state index contributed by atoms with van der Waals surface area (Å²) in [5.74, 6) is -1.48. The van der Waals surface area contributed by atoms with E-state index in [1.54, 1.807) is 33.8 Å². The summed E-state index contributed by atoms with van der Waals surface area (Å²) in [7, 11) is 0. The summed E-state index contributed by atoms with van der Waals surface area (Å²) in [4.78, 5) is 60.4. The predicted octanol–water partition coefficient (Wildman–Crippen LogP) is 4.36. The molecule has 0 spiro atoms. The number of nitrogens with zero attached hydrogens (tertiary/aromatic N) is 3. The maximum atomic E-state index is 14.3. The van der Waals surface area contributed by atoms with Gasteiger partial charge in [0.1, 0.15) is 29.3 Å². The third-order valence-corrected chi connectivity index (χ3v) is 8.41. The van der Waals surface area contributed by atoms with E-state index in [2.05, 4.69) is 22.2 Å². The van der Waals surface area contributed by atoms with Crippen molar-refractivity contribution < 1.29 is 33.4 Å². The molecular formula is C34H49N5O7. The number of alkyl carbamates (subject to hydrolysis) is 1. The Bertz CT molecular complexity index is 1470. The number of carbonyl (C=O) groups excluding carboxylic acids is 4. The first-order valence-electron chi connectivity index (χ1n) is 16.1. The van der Waals surface area contributed by atoms with Crippen molar-refractivity contribution in [3.05, 3.63) is 36.9 Å². The van der Waals surface area contributed by atoms with Crippen molar-refractivity contribution in [1.82, 2.24) is 25.1 Å². The van der Waals surface area contributed by atoms with E-state index in [1.165, 1.54) is 4.90 Å². The molecule has 0 radical (unpaired) electrons. The number of fused-ring (bicyclic) bond motifs is 1. The number of imidazole rings is 1. The van der Waals surface area contributed by atoms with E-state index in [1.807, 2.05) is 56.5 Å². The lowest BCUT2D eigenvalue weighted by Crippen LogP contribution is -2.59. The van der Waals surface area contributed by atoms with E-state index in [4.69, 9.17) is 14.2 Å². The molecule has 1 aliphatic heterocycles. The molecule has 0 bridgehead atoms. The van der Waals surface area contributed by atoms with Crippen LogP contribution in [0.15, 0.2) is 36.9 Å². The Labute approximate surface area is 271 Å². The number of nitrogens with one attached hydrogen (secondary N) is 2. The minimum atomic E-state index is -1.13. The lowest BCUT2D eigenvalue weighted by atomic mass is 9.85. The number of esters is 1. The highest BCUT2D eigenvalue weighted by atomic mass is 16.6. The Morgan fingerprint density at radius 2 is 1.83 bits per heavy atom. The van der Waals surface area contributed by atoms with Crippen molar-refractivity contribution in [2.24, 2.45) is 11.3 Å². The molecule has 2 fully saturated rings. The summed E-state index contributed by atoms with van der Waals surface area (Å²) in [6.07, 6.45) is 1.69. The van der Waals surface area contributed by atoms with Crippen molar-refractivity contribution in [3.8, 4) is 6.01 Å². The van der Waals surface area contributed by atoms with Crippen LogP contribution < -0.4 is 15.4 Å². The second kappa shape index (κ2) is 13.3. The van der Waals surface area contributed by atoms with Crippen molar-refractivity contribution in [2.75, 3.05) is 13.2 Å². The summed E-state index contributed by atoms with van der Waals surface area (Å²) in [5, 5.41) is 5.70. The average Bonchev–Trinajstić information content (AvgIpc) is 3.34. The van der Waals surface area contributed by atoms with Gasteiger partial charge in [-0.25, -0.2) is 9.59 Å². The maximum Gasteiger partial charge on any atom is 0.408 e. The Morgan fingerprint density at radius 3 is 2.41 bits per heavy atom. The molecule has 1 saturated carbocycles. The minimum absolute atomic E-state index is 0.0560. The lowest BCUT2D eigenvalue weighted by molar-refractivity contribution is -0.150. The number of carbonyl (C=O) groups is 4. The summed E-state index contributed by atoms with van der Waals surface area (Å²) in [5.41, 5.74) is -1.04. The molecule has 46 heavy (non-hydrogen) atoms. The van der Waals surface area contributed by atoms with E-state index in [0.29, 0.717) is 25.4 Å². The second-order valence-corrected chi connectivity index (χ2v) is 14.2. The van der Waals surface area contributed by atoms with Gasteiger partial charge in [-0.2, -0.15) is 4.98 Å². The molecule has 1 aliphatic carbocycles. The quantitative estimate of drug-likeness (QED) is 0.273. The average molecular weight is 640 g/mol. The van der Waals surface area contributed by atoms with Crippen molar-refractivity contribution in [3.63, 3.8) is 0 Å². The fourth-order valence-electron chi connectivity index (χ4n) is 6.05. The number of likely N-dealkylation sites (tertiary alicyclic amines) is 1. The van der Waals surface area contributed by atoms with Crippen LogP contribution in [0, 0.1) is 11.3 Å². The van der Waals surface area contributed by atoms with E-state index in [0.717, 1.165) is 11.0 Å². The van der Waals surface area contributed by atoms with Crippen LogP contribution in [0.1, 0.15) is 74.7 Å². The zero-order chi connectivity index (χ0) is 34.0. The van der Waals surface area contributed by atoms with Crippen LogP contribution in [-0.4, -0.2) is 80.8 Å². The van der Waals surface area contributed by atoms with Crippen LogP contribution in [0.3, 0.4) is 0 Å². The molecule has 2 heterocycles. The molecule has 1 aromatic carbocycles. The highest BCUT2D eigenvalue weighted by Gasteiger charge is 2.62. The van der Waals surface area contributed by atoms with E-state index in [9.17, 15) is 19.2 Å². The van der Waals surface area contributed by atoms with E-state index in [-0.39, 0.29) is 25.5 Å². The van der Waals surface area contributed by atoms with Crippen molar-refractivity contribution in [2.45, 2.75) is 111 Å². The Morgan fingerprint density at radius 1 is 1.13 bits per heavy atom. The van der Waals surface area contributed by atoms with Gasteiger partial charge in [0.2, 0.25) is 11.8 Å². The normalized spacial score (nSPS) is 23.4. The minimum Gasteiger partial charge on any atom is -0.464 e. The Kier molecular flexibility index (Phi) is 10.1. The fraction of sp³-hybridized carbons (Fsp3) is 0.618. The molecular weight excluding hydrogens is 590 g/mol. The van der Waals surface area contributed by atoms with Gasteiger partial charge < -0.3 is 29.7 Å². The molecule has 2 aliphatic rings. The molecule has 1 aromatic heterocycles. The number of allylic oxidation sites excluding steroid dienone is 1. The zero-order valence-corrected chi connectivity index (χ0v) is 28.3. The van der Waals surface area contributed by atoms with Gasteiger partial charge in [0.05, 0.1) is 24.2 Å². The van der Waals surface area contributed by atoms with Gasteiger partial charge in [-0.1, -0.05) is 52.3 Å². The van der Waals surface area contributed by atoms with Crippen LogP contribution in [0.2, 0.25) is 0 Å². The van der Waals surface area contributed by atoms with Crippen molar-refractivity contribution >= 4 is 34.9 Å². The van der Waals surface area contributed by atoms with Gasteiger partial charge in [-0.05, 0) is 57.6 Å².